The molecule has 46 heavy (non-hydrogen) atoms. The quantitative estimate of drug-likeness (QED) is 0.185. The lowest BCUT2D eigenvalue weighted by atomic mass is 10.0. The fraction of sp³-hybridized carbons (Fsp3) is 0. The minimum Gasteiger partial charge on any atom is -0.226 e. The molecule has 0 atom stereocenters. The summed E-state index contributed by atoms with van der Waals surface area (Å²) in [5, 5.41) is 0. The molecule has 8 aromatic rings. The molecule has 2 heterocycles. The molecule has 0 spiro atoms. The Balaban J connectivity index is 1.59. The zero-order valence-electron chi connectivity index (χ0n) is 25.1. The first-order chi connectivity index (χ1) is 22.9. The molecule has 0 aliphatic rings. The fourth-order valence-electron chi connectivity index (χ4n) is 6.07. The average Bonchev–Trinajstić information content (AvgIpc) is 3.74. The van der Waals surface area contributed by atoms with Gasteiger partial charge in [-0.15, -0.1) is 0 Å². The van der Waals surface area contributed by atoms with Gasteiger partial charge < -0.3 is 0 Å². The predicted molar refractivity (Wildman–Crippen MR) is 188 cm³/mol. The maximum absolute atomic E-state index is 5.47. The molecule has 0 bridgehead atoms. The second-order valence-corrected chi connectivity index (χ2v) is 11.1. The van der Waals surface area contributed by atoms with E-state index < -0.39 is 0 Å². The third-order valence-corrected chi connectivity index (χ3v) is 8.16. The normalized spacial score (nSPS) is 11.0. The highest BCUT2D eigenvalue weighted by molar-refractivity contribution is 5.86. The third-order valence-electron chi connectivity index (χ3n) is 8.16. The van der Waals surface area contributed by atoms with E-state index in [9.17, 15) is 0 Å². The minimum absolute atomic E-state index is 0.824. The van der Waals surface area contributed by atoms with Gasteiger partial charge in [-0.05, 0) is 0 Å². The molecule has 4 heteroatoms. The van der Waals surface area contributed by atoms with Gasteiger partial charge in [0.1, 0.15) is 0 Å². The van der Waals surface area contributed by atoms with Crippen LogP contribution >= 0.6 is 0 Å². The lowest BCUT2D eigenvalue weighted by molar-refractivity contribution is 0.687. The van der Waals surface area contributed by atoms with E-state index in [0.717, 1.165) is 67.8 Å². The van der Waals surface area contributed by atoms with E-state index >= 15 is 0 Å². The van der Waals surface area contributed by atoms with Gasteiger partial charge in [-0.2, -0.15) is 0 Å². The van der Waals surface area contributed by atoms with Gasteiger partial charge in [-0.25, -0.2) is 19.3 Å². The number of aromatic nitrogens is 4. The van der Waals surface area contributed by atoms with Gasteiger partial charge >= 0.3 is 0 Å². The van der Waals surface area contributed by atoms with E-state index in [1.165, 1.54) is 0 Å². The van der Waals surface area contributed by atoms with Crippen LogP contribution in [0, 0.1) is 0 Å². The Hall–Kier alpha value is -6.26. The Labute approximate surface area is 268 Å². The van der Waals surface area contributed by atoms with Crippen molar-refractivity contribution in [2.45, 2.75) is 0 Å². The van der Waals surface area contributed by atoms with E-state index in [0.29, 0.717) is 0 Å². The second kappa shape index (κ2) is 12.0. The van der Waals surface area contributed by atoms with Gasteiger partial charge in [-0.1, -0.05) is 182 Å². The summed E-state index contributed by atoms with van der Waals surface area (Å²) in [6, 6.07) is 62.9. The lowest BCUT2D eigenvalue weighted by Gasteiger charge is -2.20. The zero-order chi connectivity index (χ0) is 30.7. The first-order valence-electron chi connectivity index (χ1n) is 15.5. The Morgan fingerprint density at radius 3 is 0.783 bits per heavy atom. The summed E-state index contributed by atoms with van der Waals surface area (Å²) >= 11 is 0. The molecule has 0 unspecified atom stereocenters. The van der Waals surface area contributed by atoms with E-state index in [2.05, 4.69) is 167 Å². The first kappa shape index (κ1) is 27.3. The molecule has 218 valence electrons. The third kappa shape index (κ3) is 4.92. The van der Waals surface area contributed by atoms with Gasteiger partial charge in [0.05, 0.1) is 22.8 Å². The Morgan fingerprint density at radius 1 is 0.261 bits per heavy atom. The largest absolute Gasteiger partial charge is 0.226 e. The van der Waals surface area contributed by atoms with Crippen molar-refractivity contribution < 1.29 is 0 Å². The van der Waals surface area contributed by atoms with E-state index in [1.807, 2.05) is 24.3 Å². The topological polar surface area (TPSA) is 35.6 Å². The van der Waals surface area contributed by atoms with Gasteiger partial charge in [0.25, 0.3) is 0 Å². The van der Waals surface area contributed by atoms with Gasteiger partial charge in [0, 0.05) is 33.4 Å². The van der Waals surface area contributed by atoms with Gasteiger partial charge in [0.2, 0.25) is 0 Å². The molecular weight excluding hydrogens is 560 g/mol. The number of nitrogens with zero attached hydrogens (tertiary/aromatic N) is 4. The van der Waals surface area contributed by atoms with Gasteiger partial charge in [-0.3, -0.25) is 0 Å². The standard InChI is InChI=1S/C42H30N4/c1-7-19-31(20-8-1)37-39(33-23-11-3-12-24-33)45(41(43-37)35-27-15-5-16-28-35)46-40(34-25-13-4-14-26-34)38(32-21-9-2-10-22-32)44-42(46)36-29-17-6-18-30-36/h1-30H. The van der Waals surface area contributed by atoms with Crippen LogP contribution in [-0.4, -0.2) is 19.3 Å². The maximum Gasteiger partial charge on any atom is 0.160 e. The molecule has 6 aromatic carbocycles. The molecule has 0 saturated heterocycles. The predicted octanol–water partition coefficient (Wildman–Crippen LogP) is 10.4. The van der Waals surface area contributed by atoms with Crippen LogP contribution in [0.5, 0.6) is 0 Å². The van der Waals surface area contributed by atoms with E-state index in [1.54, 1.807) is 0 Å². The van der Waals surface area contributed by atoms with Crippen LogP contribution in [0.2, 0.25) is 0 Å². The highest BCUT2D eigenvalue weighted by Gasteiger charge is 2.29. The molecule has 0 radical (unpaired) electrons. The van der Waals surface area contributed by atoms with E-state index in [-0.39, 0.29) is 0 Å². The van der Waals surface area contributed by atoms with Crippen molar-refractivity contribution in [2.75, 3.05) is 0 Å². The highest BCUT2D eigenvalue weighted by Crippen LogP contribution is 2.42. The summed E-state index contributed by atoms with van der Waals surface area (Å²) < 4.78 is 4.55. The molecule has 0 amide bonds. The minimum atomic E-state index is 0.824. The highest BCUT2D eigenvalue weighted by atomic mass is 15.5. The molecule has 4 nitrogen and oxygen atoms in total. The SMILES string of the molecule is c1ccc(-c2nc(-c3ccccc3)n(-n3c(-c4ccccc4)nc(-c4ccccc4)c3-c3ccccc3)c2-c2ccccc2)cc1. The van der Waals surface area contributed by atoms with Crippen molar-refractivity contribution in [3.8, 4) is 67.8 Å². The molecular formula is C42H30N4. The summed E-state index contributed by atoms with van der Waals surface area (Å²) in [6.07, 6.45) is 0. The van der Waals surface area contributed by atoms with Crippen LogP contribution < -0.4 is 0 Å². The number of hydrogen-bond acceptors (Lipinski definition) is 2. The maximum atomic E-state index is 5.47. The Morgan fingerprint density at radius 2 is 0.500 bits per heavy atom. The Kier molecular flexibility index (Phi) is 7.14. The average molecular weight is 591 g/mol. The summed E-state index contributed by atoms with van der Waals surface area (Å²) in [7, 11) is 0. The molecule has 0 N–H and O–H groups in total. The van der Waals surface area contributed by atoms with Crippen molar-refractivity contribution in [3.05, 3.63) is 182 Å². The summed E-state index contributed by atoms with van der Waals surface area (Å²) in [4.78, 5) is 10.9. The van der Waals surface area contributed by atoms with Gasteiger partial charge in [0.15, 0.2) is 11.6 Å². The second-order valence-electron chi connectivity index (χ2n) is 11.1. The molecule has 8 rings (SSSR count). The number of hydrogen-bond donors (Lipinski definition) is 0. The van der Waals surface area contributed by atoms with Crippen LogP contribution in [0.25, 0.3) is 67.8 Å². The summed E-state index contributed by atoms with van der Waals surface area (Å²) in [5.74, 6) is 1.65. The summed E-state index contributed by atoms with van der Waals surface area (Å²) in [6.45, 7) is 0. The van der Waals surface area contributed by atoms with E-state index in [4.69, 9.17) is 9.97 Å². The summed E-state index contributed by atoms with van der Waals surface area (Å²) in [5.41, 5.74) is 10.00. The van der Waals surface area contributed by atoms with Crippen molar-refractivity contribution in [2.24, 2.45) is 0 Å². The Bertz CT molecular complexity index is 2040. The van der Waals surface area contributed by atoms with Crippen LogP contribution in [0.3, 0.4) is 0 Å². The van der Waals surface area contributed by atoms with Crippen LogP contribution in [0.15, 0.2) is 182 Å². The first-order valence-corrected chi connectivity index (χ1v) is 15.5. The van der Waals surface area contributed by atoms with Crippen LogP contribution in [-0.2, 0) is 0 Å². The molecule has 2 aromatic heterocycles. The monoisotopic (exact) mass is 590 g/mol. The lowest BCUT2D eigenvalue weighted by Crippen LogP contribution is -2.16. The molecule has 0 saturated carbocycles. The molecule has 0 aliphatic carbocycles. The number of rotatable bonds is 7. The molecule has 0 fully saturated rings. The van der Waals surface area contributed by atoms with Crippen LogP contribution in [0.1, 0.15) is 0 Å². The zero-order valence-corrected chi connectivity index (χ0v) is 25.1. The van der Waals surface area contributed by atoms with Crippen molar-refractivity contribution in [1.82, 2.24) is 19.3 Å². The number of imidazole rings is 2. The van der Waals surface area contributed by atoms with Crippen LogP contribution in [0.4, 0.5) is 0 Å². The van der Waals surface area contributed by atoms with Crippen molar-refractivity contribution in [1.29, 1.82) is 0 Å². The number of benzene rings is 6. The van der Waals surface area contributed by atoms with Crippen molar-refractivity contribution >= 4 is 0 Å². The molecule has 0 aliphatic heterocycles. The smallest absolute Gasteiger partial charge is 0.160 e. The fourth-order valence-corrected chi connectivity index (χ4v) is 6.07. The van der Waals surface area contributed by atoms with Crippen molar-refractivity contribution in [3.63, 3.8) is 0 Å².